The molecule has 3 unspecified atom stereocenters. The van der Waals surface area contributed by atoms with Crippen molar-refractivity contribution >= 4 is 0 Å². The molecule has 0 bridgehead atoms. The lowest BCUT2D eigenvalue weighted by Crippen LogP contribution is -2.56. The lowest BCUT2D eigenvalue weighted by molar-refractivity contribution is 0.0347. The van der Waals surface area contributed by atoms with E-state index in [0.29, 0.717) is 0 Å². The van der Waals surface area contributed by atoms with Crippen LogP contribution in [0.1, 0.15) is 72.6 Å². The van der Waals surface area contributed by atoms with Crippen molar-refractivity contribution in [3.8, 4) is 0 Å². The first-order valence-electron chi connectivity index (χ1n) is 8.48. The van der Waals surface area contributed by atoms with Crippen LogP contribution in [0.3, 0.4) is 0 Å². The Kier molecular flexibility index (Phi) is 7.38. The maximum absolute atomic E-state index is 6.12. The summed E-state index contributed by atoms with van der Waals surface area (Å²) in [5.74, 6) is 1.70. The molecule has 2 N–H and O–H groups in total. The number of hydrogen-bond donors (Lipinski definition) is 1. The van der Waals surface area contributed by atoms with Crippen molar-refractivity contribution in [1.29, 1.82) is 0 Å². The van der Waals surface area contributed by atoms with Crippen LogP contribution in [-0.2, 0) is 0 Å². The van der Waals surface area contributed by atoms with Gasteiger partial charge in [0, 0.05) is 18.6 Å². The van der Waals surface area contributed by atoms with E-state index in [1.54, 1.807) is 0 Å². The molecule has 1 saturated heterocycles. The lowest BCUT2D eigenvalue weighted by atomic mass is 9.83. The van der Waals surface area contributed by atoms with Gasteiger partial charge in [-0.25, -0.2) is 0 Å². The van der Waals surface area contributed by atoms with Gasteiger partial charge >= 0.3 is 0 Å². The molecule has 0 aromatic heterocycles. The minimum absolute atomic E-state index is 0.237. The second-order valence-electron chi connectivity index (χ2n) is 7.05. The van der Waals surface area contributed by atoms with Gasteiger partial charge in [-0.2, -0.15) is 0 Å². The Balaban J connectivity index is 2.40. The molecule has 2 nitrogen and oxygen atoms in total. The summed E-state index contributed by atoms with van der Waals surface area (Å²) in [6.45, 7) is 12.7. The van der Waals surface area contributed by atoms with E-state index in [1.807, 2.05) is 0 Å². The summed E-state index contributed by atoms with van der Waals surface area (Å²) < 4.78 is 0. The van der Waals surface area contributed by atoms with Crippen LogP contribution in [0.2, 0.25) is 0 Å². The van der Waals surface area contributed by atoms with Crippen LogP contribution in [0.5, 0.6) is 0 Å². The van der Waals surface area contributed by atoms with Crippen LogP contribution < -0.4 is 5.73 Å². The van der Waals surface area contributed by atoms with Crippen LogP contribution in [0, 0.1) is 11.8 Å². The summed E-state index contributed by atoms with van der Waals surface area (Å²) in [5.41, 5.74) is 6.35. The average molecular weight is 268 g/mol. The highest BCUT2D eigenvalue weighted by atomic mass is 15.2. The van der Waals surface area contributed by atoms with E-state index in [2.05, 4.69) is 32.6 Å². The van der Waals surface area contributed by atoms with E-state index < -0.39 is 0 Å². The van der Waals surface area contributed by atoms with Crippen molar-refractivity contribution in [2.24, 2.45) is 17.6 Å². The van der Waals surface area contributed by atoms with E-state index in [4.69, 9.17) is 5.73 Å². The number of rotatable bonds is 8. The van der Waals surface area contributed by atoms with E-state index in [-0.39, 0.29) is 5.54 Å². The number of hydrogen-bond acceptors (Lipinski definition) is 2. The van der Waals surface area contributed by atoms with E-state index in [0.717, 1.165) is 18.4 Å². The third kappa shape index (κ3) is 5.07. The van der Waals surface area contributed by atoms with E-state index in [9.17, 15) is 0 Å². The lowest BCUT2D eigenvalue weighted by Gasteiger charge is -2.46. The third-order valence-electron chi connectivity index (χ3n) is 5.36. The maximum Gasteiger partial charge on any atom is 0.0303 e. The largest absolute Gasteiger partial charge is 0.329 e. The maximum atomic E-state index is 6.12. The van der Waals surface area contributed by atoms with Gasteiger partial charge in [0.25, 0.3) is 0 Å². The number of nitrogens with two attached hydrogens (primary N) is 1. The summed E-state index contributed by atoms with van der Waals surface area (Å²) in [6, 6.07) is 0. The normalized spacial score (nSPS) is 28.3. The monoisotopic (exact) mass is 268 g/mol. The zero-order chi connectivity index (χ0) is 14.3. The predicted molar refractivity (Wildman–Crippen MR) is 85.4 cm³/mol. The number of piperidine rings is 1. The zero-order valence-electron chi connectivity index (χ0n) is 13.8. The minimum Gasteiger partial charge on any atom is -0.329 e. The van der Waals surface area contributed by atoms with E-state index >= 15 is 0 Å². The highest BCUT2D eigenvalue weighted by molar-refractivity contribution is 4.91. The Morgan fingerprint density at radius 3 is 2.37 bits per heavy atom. The molecule has 1 fully saturated rings. The Hall–Kier alpha value is -0.0800. The number of nitrogens with zero attached hydrogens (tertiary/aromatic N) is 1. The minimum atomic E-state index is 0.237. The van der Waals surface area contributed by atoms with Crippen molar-refractivity contribution in [3.63, 3.8) is 0 Å². The van der Waals surface area contributed by atoms with Crippen molar-refractivity contribution < 1.29 is 0 Å². The highest BCUT2D eigenvalue weighted by Gasteiger charge is 2.34. The van der Waals surface area contributed by atoms with Gasteiger partial charge in [-0.15, -0.1) is 0 Å². The van der Waals surface area contributed by atoms with Crippen LogP contribution in [0.15, 0.2) is 0 Å². The quantitative estimate of drug-likeness (QED) is 0.673. The Morgan fingerprint density at radius 1 is 1.11 bits per heavy atom. The number of likely N-dealkylation sites (tertiary alicyclic amines) is 1. The second kappa shape index (κ2) is 8.26. The van der Waals surface area contributed by atoms with Crippen LogP contribution in [0.4, 0.5) is 0 Å². The Labute approximate surface area is 121 Å². The molecule has 3 atom stereocenters. The molecule has 0 radical (unpaired) electrons. The summed E-state index contributed by atoms with van der Waals surface area (Å²) in [6.07, 6.45) is 9.44. The van der Waals surface area contributed by atoms with Gasteiger partial charge < -0.3 is 5.73 Å². The average Bonchev–Trinajstić information content (AvgIpc) is 2.41. The van der Waals surface area contributed by atoms with Gasteiger partial charge in [0.15, 0.2) is 0 Å². The van der Waals surface area contributed by atoms with Crippen LogP contribution in [0.25, 0.3) is 0 Å². The van der Waals surface area contributed by atoms with Crippen LogP contribution in [-0.4, -0.2) is 30.1 Å². The molecule has 0 saturated carbocycles. The predicted octanol–water partition coefficient (Wildman–Crippen LogP) is 4.04. The van der Waals surface area contributed by atoms with Gasteiger partial charge in [0.2, 0.25) is 0 Å². The van der Waals surface area contributed by atoms with Gasteiger partial charge in [-0.3, -0.25) is 4.90 Å². The summed E-state index contributed by atoms with van der Waals surface area (Å²) in [4.78, 5) is 2.68. The molecule has 1 rings (SSSR count). The molecule has 0 aromatic rings. The van der Waals surface area contributed by atoms with Crippen molar-refractivity contribution in [2.75, 3.05) is 19.6 Å². The molecule has 0 spiro atoms. The summed E-state index contributed by atoms with van der Waals surface area (Å²) in [7, 11) is 0. The summed E-state index contributed by atoms with van der Waals surface area (Å²) in [5, 5.41) is 0. The Bertz CT molecular complexity index is 241. The van der Waals surface area contributed by atoms with Crippen molar-refractivity contribution in [2.45, 2.75) is 78.2 Å². The zero-order valence-corrected chi connectivity index (χ0v) is 13.8. The topological polar surface area (TPSA) is 29.3 Å². The smallest absolute Gasteiger partial charge is 0.0303 e. The van der Waals surface area contributed by atoms with Gasteiger partial charge in [0.1, 0.15) is 0 Å². The molecule has 1 aliphatic rings. The molecule has 114 valence electrons. The first kappa shape index (κ1) is 17.0. The summed E-state index contributed by atoms with van der Waals surface area (Å²) >= 11 is 0. The van der Waals surface area contributed by atoms with Crippen LogP contribution >= 0.6 is 0 Å². The molecule has 1 heterocycles. The first-order chi connectivity index (χ1) is 9.03. The standard InChI is InChI=1S/C17H36N2/c1-5-6-7-8-9-11-17(4,14-18)19-12-10-15(2)16(3)13-19/h15-16H,5-14,18H2,1-4H3. The van der Waals surface area contributed by atoms with Gasteiger partial charge in [0.05, 0.1) is 0 Å². The second-order valence-corrected chi connectivity index (χ2v) is 7.05. The van der Waals surface area contributed by atoms with Gasteiger partial charge in [-0.1, -0.05) is 52.9 Å². The fourth-order valence-corrected chi connectivity index (χ4v) is 3.25. The molecule has 0 aliphatic carbocycles. The highest BCUT2D eigenvalue weighted by Crippen LogP contribution is 2.30. The molecular formula is C17H36N2. The SMILES string of the molecule is CCCCCCCC(C)(CN)N1CCC(C)C(C)C1. The molecule has 0 aromatic carbocycles. The van der Waals surface area contributed by atoms with Crippen molar-refractivity contribution in [1.82, 2.24) is 4.90 Å². The molecule has 2 heteroatoms. The van der Waals surface area contributed by atoms with Gasteiger partial charge in [-0.05, 0) is 38.1 Å². The third-order valence-corrected chi connectivity index (χ3v) is 5.36. The number of unbranched alkanes of at least 4 members (excludes halogenated alkanes) is 4. The molecule has 1 aliphatic heterocycles. The molecule has 0 amide bonds. The van der Waals surface area contributed by atoms with E-state index in [1.165, 1.54) is 58.0 Å². The van der Waals surface area contributed by atoms with Crippen molar-refractivity contribution in [3.05, 3.63) is 0 Å². The fourth-order valence-electron chi connectivity index (χ4n) is 3.25. The fraction of sp³-hybridized carbons (Fsp3) is 1.00. The Morgan fingerprint density at radius 2 is 1.79 bits per heavy atom. The first-order valence-corrected chi connectivity index (χ1v) is 8.48. The molecule has 19 heavy (non-hydrogen) atoms. The molecular weight excluding hydrogens is 232 g/mol.